The molecular formula is C24H24N4O2S. The molecule has 0 aliphatic heterocycles. The van der Waals surface area contributed by atoms with E-state index in [9.17, 15) is 0 Å². The molecule has 3 aromatic carbocycles. The van der Waals surface area contributed by atoms with Crippen LogP contribution in [0.4, 0.5) is 0 Å². The lowest BCUT2D eigenvalue weighted by Crippen LogP contribution is -2.16. The summed E-state index contributed by atoms with van der Waals surface area (Å²) in [5.74, 6) is 2.23. The van der Waals surface area contributed by atoms with Crippen molar-refractivity contribution in [3.63, 3.8) is 0 Å². The molecule has 0 saturated carbocycles. The Morgan fingerprint density at radius 1 is 1.00 bits per heavy atom. The average Bonchev–Trinajstić information content (AvgIpc) is 3.17. The molecule has 158 valence electrons. The molecule has 0 bridgehead atoms. The van der Waals surface area contributed by atoms with Gasteiger partial charge in [-0.25, -0.2) is 9.77 Å². The Labute approximate surface area is 186 Å². The van der Waals surface area contributed by atoms with Gasteiger partial charge < -0.3 is 14.9 Å². The van der Waals surface area contributed by atoms with Crippen LogP contribution in [0.15, 0.2) is 72.8 Å². The number of aryl methyl sites for hydroxylation is 1. The Kier molecular flexibility index (Phi) is 6.33. The largest absolute Gasteiger partial charge is 0.496 e. The van der Waals surface area contributed by atoms with Gasteiger partial charge in [0.15, 0.2) is 5.82 Å². The highest BCUT2D eigenvalue weighted by Gasteiger charge is 2.13. The molecule has 4 rings (SSSR count). The molecule has 6 nitrogen and oxygen atoms in total. The minimum Gasteiger partial charge on any atom is -0.496 e. The Morgan fingerprint density at radius 3 is 2.58 bits per heavy atom. The summed E-state index contributed by atoms with van der Waals surface area (Å²) in [5.41, 5.74) is 7.67. The van der Waals surface area contributed by atoms with E-state index < -0.39 is 0 Å². The molecule has 2 N–H and O–H groups in total. The van der Waals surface area contributed by atoms with Gasteiger partial charge in [-0.1, -0.05) is 54.1 Å². The number of aromatic nitrogens is 3. The number of ether oxygens (including phenoxy) is 2. The highest BCUT2D eigenvalue weighted by molar-refractivity contribution is 7.71. The number of rotatable bonds is 8. The van der Waals surface area contributed by atoms with Crippen LogP contribution >= 0.6 is 12.2 Å². The average molecular weight is 433 g/mol. The molecule has 4 aromatic rings. The lowest BCUT2D eigenvalue weighted by atomic mass is 10.1. The zero-order valence-electron chi connectivity index (χ0n) is 17.5. The molecule has 1 heterocycles. The quantitative estimate of drug-likeness (QED) is 0.373. The van der Waals surface area contributed by atoms with E-state index in [4.69, 9.17) is 21.7 Å². The monoisotopic (exact) mass is 432 g/mol. The molecule has 0 atom stereocenters. The van der Waals surface area contributed by atoms with Gasteiger partial charge in [0.05, 0.1) is 19.2 Å². The van der Waals surface area contributed by atoms with E-state index in [1.807, 2.05) is 54.6 Å². The number of para-hydroxylation sites is 1. The molecule has 0 saturated heterocycles. The van der Waals surface area contributed by atoms with Crippen molar-refractivity contribution < 1.29 is 9.47 Å². The Balaban J connectivity index is 1.42. The molecular weight excluding hydrogens is 408 g/mol. The van der Waals surface area contributed by atoms with Crippen LogP contribution in [0.25, 0.3) is 11.4 Å². The van der Waals surface area contributed by atoms with Gasteiger partial charge >= 0.3 is 0 Å². The topological polar surface area (TPSA) is 64.1 Å². The zero-order chi connectivity index (χ0) is 21.6. The molecule has 0 radical (unpaired) electrons. The number of methoxy groups -OCH3 is 1. The maximum Gasteiger partial charge on any atom is 0.214 e. The number of hydrogen-bond acceptors (Lipinski definition) is 5. The third kappa shape index (κ3) is 4.95. The summed E-state index contributed by atoms with van der Waals surface area (Å²) in [7, 11) is 1.64. The second-order valence-corrected chi connectivity index (χ2v) is 7.53. The molecule has 0 unspecified atom stereocenters. The van der Waals surface area contributed by atoms with Gasteiger partial charge in [-0.15, -0.1) is 0 Å². The van der Waals surface area contributed by atoms with Crippen molar-refractivity contribution >= 4 is 12.2 Å². The SMILES string of the molecule is COc1ccccc1-c1n[nH]c(=S)n1NCc1ccc(OCc2cccc(C)c2)cc1. The Bertz CT molecular complexity index is 1210. The first kappa shape index (κ1) is 20.7. The molecule has 31 heavy (non-hydrogen) atoms. The van der Waals surface area contributed by atoms with Crippen LogP contribution in [0.2, 0.25) is 0 Å². The molecule has 0 fully saturated rings. The fourth-order valence-electron chi connectivity index (χ4n) is 3.30. The number of benzene rings is 3. The van der Waals surface area contributed by atoms with Crippen LogP contribution in [-0.2, 0) is 13.2 Å². The minimum absolute atomic E-state index is 0.485. The molecule has 1 aromatic heterocycles. The summed E-state index contributed by atoms with van der Waals surface area (Å²) in [6.07, 6.45) is 0. The Hall–Kier alpha value is -3.58. The van der Waals surface area contributed by atoms with Crippen molar-refractivity contribution in [2.45, 2.75) is 20.1 Å². The van der Waals surface area contributed by atoms with Crippen molar-refractivity contribution in [1.29, 1.82) is 0 Å². The standard InChI is InChI=1S/C24H24N4O2S/c1-17-6-5-7-19(14-17)16-30-20-12-10-18(11-13-20)15-25-28-23(26-27-24(28)31)21-8-3-4-9-22(21)29-2/h3-14,25H,15-16H2,1-2H3,(H,27,31). The number of nitrogens with one attached hydrogen (secondary N) is 2. The van der Waals surface area contributed by atoms with E-state index in [1.54, 1.807) is 11.8 Å². The summed E-state index contributed by atoms with van der Waals surface area (Å²) >= 11 is 5.40. The predicted octanol–water partition coefficient (Wildman–Crippen LogP) is 5.25. The summed E-state index contributed by atoms with van der Waals surface area (Å²) in [6, 6.07) is 24.0. The van der Waals surface area contributed by atoms with Crippen molar-refractivity contribution in [1.82, 2.24) is 14.9 Å². The first-order valence-corrected chi connectivity index (χ1v) is 10.4. The number of hydrogen-bond donors (Lipinski definition) is 2. The fourth-order valence-corrected chi connectivity index (χ4v) is 3.49. The van der Waals surface area contributed by atoms with Gasteiger partial charge in [0.2, 0.25) is 4.77 Å². The van der Waals surface area contributed by atoms with Gasteiger partial charge in [0, 0.05) is 0 Å². The van der Waals surface area contributed by atoms with E-state index in [1.165, 1.54) is 5.56 Å². The summed E-state index contributed by atoms with van der Waals surface area (Å²) in [4.78, 5) is 0. The summed E-state index contributed by atoms with van der Waals surface area (Å²) in [6.45, 7) is 3.21. The lowest BCUT2D eigenvalue weighted by Gasteiger charge is -2.13. The van der Waals surface area contributed by atoms with Crippen molar-refractivity contribution in [3.8, 4) is 22.9 Å². The van der Waals surface area contributed by atoms with Crippen molar-refractivity contribution in [2.75, 3.05) is 12.5 Å². The van der Waals surface area contributed by atoms with Crippen LogP contribution < -0.4 is 14.9 Å². The van der Waals surface area contributed by atoms with Crippen molar-refractivity contribution in [2.24, 2.45) is 0 Å². The fraction of sp³-hybridized carbons (Fsp3) is 0.167. The van der Waals surface area contributed by atoms with Crippen LogP contribution in [-0.4, -0.2) is 22.0 Å². The number of aromatic amines is 1. The second kappa shape index (κ2) is 9.49. The summed E-state index contributed by atoms with van der Waals surface area (Å²) in [5, 5.41) is 7.21. The lowest BCUT2D eigenvalue weighted by molar-refractivity contribution is 0.306. The van der Waals surface area contributed by atoms with E-state index in [-0.39, 0.29) is 0 Å². The predicted molar refractivity (Wildman–Crippen MR) is 124 cm³/mol. The van der Waals surface area contributed by atoms with Gasteiger partial charge in [-0.05, 0) is 54.5 Å². The maximum atomic E-state index is 5.90. The number of H-pyrrole nitrogens is 1. The second-order valence-electron chi connectivity index (χ2n) is 7.14. The van der Waals surface area contributed by atoms with E-state index in [0.717, 1.165) is 28.2 Å². The third-order valence-corrected chi connectivity index (χ3v) is 5.15. The van der Waals surface area contributed by atoms with Gasteiger partial charge in [0.1, 0.15) is 18.1 Å². The van der Waals surface area contributed by atoms with Crippen molar-refractivity contribution in [3.05, 3.63) is 94.3 Å². The number of nitrogens with zero attached hydrogens (tertiary/aromatic N) is 2. The Morgan fingerprint density at radius 2 is 1.81 bits per heavy atom. The van der Waals surface area contributed by atoms with Gasteiger partial charge in [-0.3, -0.25) is 0 Å². The molecule has 0 spiro atoms. The highest BCUT2D eigenvalue weighted by Crippen LogP contribution is 2.27. The first-order chi connectivity index (χ1) is 15.1. The van der Waals surface area contributed by atoms with Gasteiger partial charge in [-0.2, -0.15) is 5.10 Å². The highest BCUT2D eigenvalue weighted by atomic mass is 32.1. The molecule has 0 aliphatic rings. The normalized spacial score (nSPS) is 10.6. The summed E-state index contributed by atoms with van der Waals surface area (Å²) < 4.78 is 13.6. The van der Waals surface area contributed by atoms with Crippen LogP contribution in [0.3, 0.4) is 0 Å². The van der Waals surface area contributed by atoms with Gasteiger partial charge in [0.25, 0.3) is 0 Å². The maximum absolute atomic E-state index is 5.90. The molecule has 7 heteroatoms. The van der Waals surface area contributed by atoms with E-state index in [2.05, 4.69) is 40.7 Å². The van der Waals surface area contributed by atoms with E-state index >= 15 is 0 Å². The third-order valence-electron chi connectivity index (χ3n) is 4.87. The molecule has 0 aliphatic carbocycles. The van der Waals surface area contributed by atoms with E-state index in [0.29, 0.717) is 23.7 Å². The van der Waals surface area contributed by atoms with Crippen LogP contribution in [0.5, 0.6) is 11.5 Å². The smallest absolute Gasteiger partial charge is 0.214 e. The minimum atomic E-state index is 0.485. The van der Waals surface area contributed by atoms with Crippen LogP contribution in [0.1, 0.15) is 16.7 Å². The first-order valence-electron chi connectivity index (χ1n) is 9.96. The van der Waals surface area contributed by atoms with Crippen LogP contribution in [0, 0.1) is 11.7 Å². The zero-order valence-corrected chi connectivity index (χ0v) is 18.3. The molecule has 0 amide bonds.